The van der Waals surface area contributed by atoms with E-state index in [0.717, 1.165) is 30.3 Å². The van der Waals surface area contributed by atoms with Crippen molar-refractivity contribution >= 4 is 161 Å². The van der Waals surface area contributed by atoms with Crippen molar-refractivity contribution in [2.75, 3.05) is 19.5 Å². The number of methoxy groups -OCH3 is 2. The van der Waals surface area contributed by atoms with Gasteiger partial charge in [-0.15, -0.1) is 20.5 Å². The van der Waals surface area contributed by atoms with Gasteiger partial charge in [0.1, 0.15) is 53.8 Å². The lowest BCUT2D eigenvalue weighted by atomic mass is 10.1. The summed E-state index contributed by atoms with van der Waals surface area (Å²) in [5.74, 6) is -1.46. The van der Waals surface area contributed by atoms with E-state index in [0.29, 0.717) is 28.9 Å². The number of nitrogens with one attached hydrogen (secondary N) is 1. The van der Waals surface area contributed by atoms with E-state index in [1.54, 1.807) is 6.92 Å². The lowest BCUT2D eigenvalue weighted by molar-refractivity contribution is 0.416. The molecule has 0 atom stereocenters. The van der Waals surface area contributed by atoms with E-state index in [2.05, 4.69) is 46.2 Å². The van der Waals surface area contributed by atoms with Crippen molar-refractivity contribution < 1.29 is 97.5 Å². The number of hydrogen-bond donors (Lipinski definition) is 9. The fourth-order valence-corrected chi connectivity index (χ4v) is 13.5. The number of fused-ring (bicyclic) bond motifs is 4. The maximum atomic E-state index is 13.0. The molecular formula is C56H43N9O22S6. The number of ether oxygens (including phenoxy) is 2. The minimum Gasteiger partial charge on any atom is -0.506 e. The van der Waals surface area contributed by atoms with Gasteiger partial charge in [-0.25, -0.2) is 0 Å². The fraction of sp³-hybridized carbons (Fsp3) is 0.0714. The molecule has 0 bridgehead atoms. The standard InChI is InChI=1S/C56H43N9O22S6/c1-27-13-45(47(66)25-43(27)60-58-35-7-5-29-17-37(88(68,69)70)23-49(41(29)21-35)90(74,75)76)62-65-54-52(93(83,84)85)20-32-16-34(10-12-40(32)56(54)87-4)57-33-9-11-39-31(15-33)19-51(92(80,81)82)53(55(39)67)64-63-46-14-28(2)44(26-48(46)86-3)61-59-36-8-6-30-18-38(89(71,72)73)24-50(42(30)22-36)91(77,78)79/h5-26,57,66-67H,1-4H3,(H,68,69,70)(H,71,72,73)(H,74,75,76)(H,77,78,79)(H,80,81,82)(H,83,84,85). The molecule has 0 saturated carbocycles. The first-order valence-electron chi connectivity index (χ1n) is 25.8. The second-order valence-corrected chi connectivity index (χ2v) is 28.5. The molecule has 0 unspecified atom stereocenters. The van der Waals surface area contributed by atoms with Crippen molar-refractivity contribution in [1.82, 2.24) is 0 Å². The SMILES string of the molecule is COc1cc(N=Nc2ccc3cc(S(=O)(=O)O)cc(S(=O)(=O)O)c3c2)c(C)cc1N=Nc1c(S(=O)(=O)O)cc2cc(Nc3ccc4c(OC)c(N=Nc5cc(C)c(N=Nc6ccc7cc(S(=O)(=O)O)cc(S(=O)(=O)O)c7c6)cc5O)c(S(=O)(=O)O)cc4c3)ccc2c1O. The molecule has 0 fully saturated rings. The topological polar surface area (TPSA) is 496 Å². The lowest BCUT2D eigenvalue weighted by Crippen LogP contribution is -2.04. The lowest BCUT2D eigenvalue weighted by Gasteiger charge is -2.14. The van der Waals surface area contributed by atoms with Crippen LogP contribution < -0.4 is 14.8 Å². The number of phenols is 2. The average Bonchev–Trinajstić information content (AvgIpc) is 0.798. The zero-order chi connectivity index (χ0) is 67.7. The van der Waals surface area contributed by atoms with Crippen molar-refractivity contribution in [3.63, 3.8) is 0 Å². The molecule has 0 amide bonds. The van der Waals surface area contributed by atoms with Crippen molar-refractivity contribution in [3.05, 3.63) is 145 Å². The van der Waals surface area contributed by atoms with Gasteiger partial charge in [0.05, 0.1) is 46.8 Å². The molecule has 10 aromatic carbocycles. The second-order valence-electron chi connectivity index (χ2n) is 20.1. The van der Waals surface area contributed by atoms with Crippen LogP contribution in [0.4, 0.5) is 56.9 Å². The molecule has 480 valence electrons. The largest absolute Gasteiger partial charge is 0.506 e. The maximum Gasteiger partial charge on any atom is 0.296 e. The van der Waals surface area contributed by atoms with Crippen LogP contribution >= 0.6 is 0 Å². The minimum atomic E-state index is -5.15. The van der Waals surface area contributed by atoms with Crippen LogP contribution in [0.25, 0.3) is 43.1 Å². The second kappa shape index (κ2) is 24.3. The molecule has 0 aliphatic heterocycles. The van der Waals surface area contributed by atoms with Gasteiger partial charge in [-0.3, -0.25) is 27.3 Å². The zero-order valence-electron chi connectivity index (χ0n) is 47.5. The number of azo groups is 4. The first kappa shape index (κ1) is 66.0. The molecule has 93 heavy (non-hydrogen) atoms. The number of aryl methyl sites for hydroxylation is 2. The van der Waals surface area contributed by atoms with Crippen LogP contribution in [-0.4, -0.2) is 102 Å². The average molecular weight is 1390 g/mol. The Morgan fingerprint density at radius 3 is 1.26 bits per heavy atom. The van der Waals surface area contributed by atoms with Crippen LogP contribution in [0, 0.1) is 13.8 Å². The molecule has 37 heteroatoms. The summed E-state index contributed by atoms with van der Waals surface area (Å²) in [5, 5.41) is 58.6. The highest BCUT2D eigenvalue weighted by Crippen LogP contribution is 2.47. The first-order chi connectivity index (χ1) is 43.4. The van der Waals surface area contributed by atoms with Crippen LogP contribution in [0.3, 0.4) is 0 Å². The number of nitrogens with zero attached hydrogens (tertiary/aromatic N) is 8. The van der Waals surface area contributed by atoms with Crippen LogP contribution in [0.15, 0.2) is 204 Å². The monoisotopic (exact) mass is 1390 g/mol. The van der Waals surface area contributed by atoms with E-state index in [4.69, 9.17) is 9.47 Å². The molecule has 10 aromatic rings. The molecule has 0 spiro atoms. The molecule has 9 N–H and O–H groups in total. The Hall–Kier alpha value is -9.90. The summed E-state index contributed by atoms with van der Waals surface area (Å²) in [7, 11) is -27.6. The van der Waals surface area contributed by atoms with Gasteiger partial charge in [0.15, 0.2) is 11.5 Å². The Kier molecular flexibility index (Phi) is 17.2. The van der Waals surface area contributed by atoms with Gasteiger partial charge in [-0.05, 0) is 156 Å². The van der Waals surface area contributed by atoms with Crippen molar-refractivity contribution in [3.8, 4) is 23.0 Å². The number of hydrogen-bond acceptors (Lipinski definition) is 25. The van der Waals surface area contributed by atoms with Crippen LogP contribution in [0.1, 0.15) is 11.1 Å². The van der Waals surface area contributed by atoms with Gasteiger partial charge in [0, 0.05) is 45.1 Å². The molecule has 31 nitrogen and oxygen atoms in total. The van der Waals surface area contributed by atoms with Gasteiger partial charge >= 0.3 is 0 Å². The van der Waals surface area contributed by atoms with Gasteiger partial charge in [-0.1, -0.05) is 12.1 Å². The van der Waals surface area contributed by atoms with Gasteiger partial charge in [0.25, 0.3) is 60.7 Å². The maximum absolute atomic E-state index is 13.0. The third-order valence-corrected chi connectivity index (χ3v) is 19.1. The van der Waals surface area contributed by atoms with E-state index in [-0.39, 0.29) is 94.4 Å². The number of phenolic OH excluding ortho intramolecular Hbond substituents is 2. The first-order valence-corrected chi connectivity index (χ1v) is 34.4. The van der Waals surface area contributed by atoms with Crippen molar-refractivity contribution in [1.29, 1.82) is 0 Å². The molecule has 0 aliphatic rings. The Morgan fingerprint density at radius 1 is 0.355 bits per heavy atom. The normalized spacial score (nSPS) is 13.1. The molecule has 0 aromatic heterocycles. The fourth-order valence-electron chi connectivity index (χ4n) is 9.52. The van der Waals surface area contributed by atoms with Gasteiger partial charge in [0.2, 0.25) is 0 Å². The number of aromatic hydroxyl groups is 2. The summed E-state index contributed by atoms with van der Waals surface area (Å²) in [6, 6.07) is 26.8. The third kappa shape index (κ3) is 14.0. The minimum absolute atomic E-state index is 0.000327. The van der Waals surface area contributed by atoms with Crippen LogP contribution in [-0.2, 0) is 60.7 Å². The molecule has 0 heterocycles. The van der Waals surface area contributed by atoms with Crippen molar-refractivity contribution in [2.24, 2.45) is 40.9 Å². The molecule has 10 rings (SSSR count). The van der Waals surface area contributed by atoms with Crippen LogP contribution in [0.2, 0.25) is 0 Å². The molecular weight excluding hydrogens is 1340 g/mol. The van der Waals surface area contributed by atoms with E-state index >= 15 is 0 Å². The Balaban J connectivity index is 0.903. The van der Waals surface area contributed by atoms with Crippen molar-refractivity contribution in [2.45, 2.75) is 43.2 Å². The molecule has 0 aliphatic carbocycles. The quantitative estimate of drug-likeness (QED) is 0.0284. The van der Waals surface area contributed by atoms with E-state index in [1.165, 1.54) is 112 Å². The van der Waals surface area contributed by atoms with E-state index < -0.39 is 113 Å². The number of anilines is 2. The Morgan fingerprint density at radius 2 is 0.785 bits per heavy atom. The molecule has 0 radical (unpaired) electrons. The summed E-state index contributed by atoms with van der Waals surface area (Å²) in [5.41, 5.74) is 0.113. The van der Waals surface area contributed by atoms with Crippen LogP contribution in [0.5, 0.6) is 23.0 Å². The summed E-state index contributed by atoms with van der Waals surface area (Å²) in [4.78, 5) is -4.88. The Bertz CT molecular complexity index is 5760. The highest BCUT2D eigenvalue weighted by Gasteiger charge is 2.27. The predicted octanol–water partition coefficient (Wildman–Crippen LogP) is 13.2. The number of benzene rings is 10. The van der Waals surface area contributed by atoms with Gasteiger partial charge in [-0.2, -0.15) is 71.0 Å². The third-order valence-electron chi connectivity index (χ3n) is 13.9. The Labute approximate surface area is 526 Å². The summed E-state index contributed by atoms with van der Waals surface area (Å²) < 4.78 is 218. The van der Waals surface area contributed by atoms with E-state index in [1.807, 2.05) is 0 Å². The van der Waals surface area contributed by atoms with Gasteiger partial charge < -0.3 is 25.0 Å². The molecule has 0 saturated heterocycles. The number of rotatable bonds is 18. The predicted molar refractivity (Wildman–Crippen MR) is 333 cm³/mol. The smallest absolute Gasteiger partial charge is 0.296 e. The van der Waals surface area contributed by atoms with E-state index in [9.17, 15) is 88.0 Å². The highest BCUT2D eigenvalue weighted by molar-refractivity contribution is 7.87. The summed E-state index contributed by atoms with van der Waals surface area (Å²) >= 11 is 0. The summed E-state index contributed by atoms with van der Waals surface area (Å²) in [6.45, 7) is 3.11. The highest BCUT2D eigenvalue weighted by atomic mass is 32.2. The zero-order valence-corrected chi connectivity index (χ0v) is 52.4. The summed E-state index contributed by atoms with van der Waals surface area (Å²) in [6.07, 6.45) is 0.